The van der Waals surface area contributed by atoms with Crippen LogP contribution in [0.4, 0.5) is 5.82 Å². The van der Waals surface area contributed by atoms with E-state index in [4.69, 9.17) is 4.52 Å². The topological polar surface area (TPSA) is 101 Å². The number of rotatable bonds is 7. The Hall–Kier alpha value is -2.19. The van der Waals surface area contributed by atoms with E-state index < -0.39 is 10.0 Å². The predicted molar refractivity (Wildman–Crippen MR) is 86.3 cm³/mol. The molecule has 0 fully saturated rings. The number of nitrogens with zero attached hydrogens (tertiary/aromatic N) is 1. The van der Waals surface area contributed by atoms with E-state index in [1.807, 2.05) is 19.1 Å². The first-order valence-electron chi connectivity index (χ1n) is 7.10. The van der Waals surface area contributed by atoms with Crippen LogP contribution in [0.25, 0.3) is 0 Å². The van der Waals surface area contributed by atoms with Crippen molar-refractivity contribution in [2.75, 3.05) is 11.9 Å². The van der Waals surface area contributed by atoms with Gasteiger partial charge in [-0.3, -0.25) is 4.79 Å². The first-order chi connectivity index (χ1) is 10.8. The normalized spacial score (nSPS) is 11.4. The molecule has 1 amide bonds. The van der Waals surface area contributed by atoms with Crippen molar-refractivity contribution in [1.29, 1.82) is 0 Å². The molecule has 2 rings (SSSR count). The number of carbonyl (C=O) groups excluding carboxylic acids is 1. The van der Waals surface area contributed by atoms with E-state index >= 15 is 0 Å². The number of hydrogen-bond donors (Lipinski definition) is 2. The van der Waals surface area contributed by atoms with Crippen LogP contribution >= 0.6 is 0 Å². The quantitative estimate of drug-likeness (QED) is 0.801. The van der Waals surface area contributed by atoms with Gasteiger partial charge in [-0.25, -0.2) is 13.1 Å². The minimum absolute atomic E-state index is 0.0129. The smallest absolute Gasteiger partial charge is 0.226 e. The zero-order chi connectivity index (χ0) is 16.9. The molecular weight excluding hydrogens is 318 g/mol. The number of aryl methyl sites for hydroxylation is 2. The number of benzene rings is 1. The van der Waals surface area contributed by atoms with Gasteiger partial charge in [-0.2, -0.15) is 0 Å². The second kappa shape index (κ2) is 7.38. The van der Waals surface area contributed by atoms with E-state index in [1.54, 1.807) is 25.1 Å². The number of carbonyl (C=O) groups is 1. The molecule has 0 bridgehead atoms. The maximum Gasteiger partial charge on any atom is 0.226 e. The van der Waals surface area contributed by atoms with Crippen molar-refractivity contribution in [2.45, 2.75) is 26.0 Å². The summed E-state index contributed by atoms with van der Waals surface area (Å²) in [5.74, 6) is 0.447. The Morgan fingerprint density at radius 3 is 2.52 bits per heavy atom. The Kier molecular flexibility index (Phi) is 5.51. The molecule has 0 saturated heterocycles. The first kappa shape index (κ1) is 17.2. The van der Waals surface area contributed by atoms with E-state index in [9.17, 15) is 13.2 Å². The molecule has 1 aromatic heterocycles. The summed E-state index contributed by atoms with van der Waals surface area (Å²) >= 11 is 0. The average molecular weight is 337 g/mol. The summed E-state index contributed by atoms with van der Waals surface area (Å²) < 4.78 is 31.1. The van der Waals surface area contributed by atoms with Crippen LogP contribution in [0.3, 0.4) is 0 Å². The van der Waals surface area contributed by atoms with Gasteiger partial charge in [0.2, 0.25) is 15.9 Å². The second-order valence-corrected chi connectivity index (χ2v) is 7.07. The molecule has 2 aromatic rings. The summed E-state index contributed by atoms with van der Waals surface area (Å²) in [4.78, 5) is 11.7. The molecule has 0 spiro atoms. The van der Waals surface area contributed by atoms with Crippen LogP contribution in [0.15, 0.2) is 34.9 Å². The van der Waals surface area contributed by atoms with Crippen LogP contribution in [0.1, 0.15) is 23.3 Å². The van der Waals surface area contributed by atoms with Crippen molar-refractivity contribution >= 4 is 21.7 Å². The first-order valence-corrected chi connectivity index (χ1v) is 8.75. The van der Waals surface area contributed by atoms with Crippen molar-refractivity contribution in [1.82, 2.24) is 9.88 Å². The van der Waals surface area contributed by atoms with E-state index in [0.29, 0.717) is 17.1 Å². The standard InChI is InChI=1S/C15H19N3O4S/c1-11-3-5-13(6-4-11)10-23(20,21)16-8-7-15(19)17-14-9-12(2)22-18-14/h3-6,9,16H,7-8,10H2,1-2H3,(H,17,18,19). The third kappa shape index (κ3) is 5.84. The highest BCUT2D eigenvalue weighted by Crippen LogP contribution is 2.08. The third-order valence-corrected chi connectivity index (χ3v) is 4.40. The maximum absolute atomic E-state index is 12.0. The molecule has 0 radical (unpaired) electrons. The van der Waals surface area contributed by atoms with Gasteiger partial charge < -0.3 is 9.84 Å². The van der Waals surface area contributed by atoms with Gasteiger partial charge in [-0.1, -0.05) is 35.0 Å². The molecule has 0 unspecified atom stereocenters. The lowest BCUT2D eigenvalue weighted by Crippen LogP contribution is -2.28. The maximum atomic E-state index is 12.0. The number of nitrogens with one attached hydrogen (secondary N) is 2. The highest BCUT2D eigenvalue weighted by atomic mass is 32.2. The van der Waals surface area contributed by atoms with Crippen molar-refractivity contribution in [3.8, 4) is 0 Å². The Morgan fingerprint density at radius 1 is 1.22 bits per heavy atom. The third-order valence-electron chi connectivity index (χ3n) is 3.05. The second-order valence-electron chi connectivity index (χ2n) is 5.26. The molecule has 0 aliphatic rings. The van der Waals surface area contributed by atoms with E-state index in [0.717, 1.165) is 5.56 Å². The van der Waals surface area contributed by atoms with Crippen molar-refractivity contribution < 1.29 is 17.7 Å². The fourth-order valence-corrected chi connectivity index (χ4v) is 3.05. The Balaban J connectivity index is 1.77. The van der Waals surface area contributed by atoms with Crippen LogP contribution in [-0.2, 0) is 20.6 Å². The fraction of sp³-hybridized carbons (Fsp3) is 0.333. The molecule has 1 aromatic carbocycles. The molecule has 8 heteroatoms. The van der Waals surface area contributed by atoms with Gasteiger partial charge in [0.25, 0.3) is 0 Å². The minimum Gasteiger partial charge on any atom is -0.360 e. The lowest BCUT2D eigenvalue weighted by Gasteiger charge is -2.07. The number of aromatic nitrogens is 1. The lowest BCUT2D eigenvalue weighted by molar-refractivity contribution is -0.116. The van der Waals surface area contributed by atoms with Gasteiger partial charge in [0.05, 0.1) is 5.75 Å². The van der Waals surface area contributed by atoms with Crippen LogP contribution < -0.4 is 10.0 Å². The minimum atomic E-state index is -3.48. The van der Waals surface area contributed by atoms with Crippen molar-refractivity contribution in [2.24, 2.45) is 0 Å². The van der Waals surface area contributed by atoms with Crippen molar-refractivity contribution in [3.63, 3.8) is 0 Å². The van der Waals surface area contributed by atoms with Gasteiger partial charge in [-0.05, 0) is 19.4 Å². The van der Waals surface area contributed by atoms with Crippen LogP contribution in [0.2, 0.25) is 0 Å². The summed E-state index contributed by atoms with van der Waals surface area (Å²) in [6, 6.07) is 8.85. The van der Waals surface area contributed by atoms with E-state index in [2.05, 4.69) is 15.2 Å². The Bertz CT molecular complexity index is 766. The number of hydrogen-bond acceptors (Lipinski definition) is 5. The van der Waals surface area contributed by atoms with Gasteiger partial charge in [0, 0.05) is 19.0 Å². The molecule has 0 aliphatic heterocycles. The fourth-order valence-electron chi connectivity index (χ4n) is 1.91. The highest BCUT2D eigenvalue weighted by Gasteiger charge is 2.12. The Morgan fingerprint density at radius 2 is 1.91 bits per heavy atom. The Labute approximate surface area is 135 Å². The molecule has 7 nitrogen and oxygen atoms in total. The van der Waals surface area contributed by atoms with E-state index in [1.165, 1.54) is 0 Å². The molecular formula is C15H19N3O4S. The predicted octanol–water partition coefficient (Wildman–Crippen LogP) is 1.74. The summed E-state index contributed by atoms with van der Waals surface area (Å²) in [5, 5.41) is 6.16. The molecule has 124 valence electrons. The lowest BCUT2D eigenvalue weighted by atomic mass is 10.2. The van der Waals surface area contributed by atoms with Gasteiger partial charge in [0.15, 0.2) is 5.82 Å². The molecule has 0 saturated carbocycles. The summed E-state index contributed by atoms with van der Waals surface area (Å²) in [5.41, 5.74) is 1.77. The van der Waals surface area contributed by atoms with Crippen LogP contribution in [-0.4, -0.2) is 26.0 Å². The largest absolute Gasteiger partial charge is 0.360 e. The van der Waals surface area contributed by atoms with Gasteiger partial charge >= 0.3 is 0 Å². The number of amides is 1. The molecule has 2 N–H and O–H groups in total. The van der Waals surface area contributed by atoms with Gasteiger partial charge in [-0.15, -0.1) is 0 Å². The van der Waals surface area contributed by atoms with Gasteiger partial charge in [0.1, 0.15) is 5.76 Å². The zero-order valence-corrected chi connectivity index (χ0v) is 13.8. The summed E-state index contributed by atoms with van der Waals surface area (Å²) in [6.07, 6.45) is 0.0129. The summed E-state index contributed by atoms with van der Waals surface area (Å²) in [6.45, 7) is 3.67. The molecule has 0 aliphatic carbocycles. The van der Waals surface area contributed by atoms with Crippen LogP contribution in [0.5, 0.6) is 0 Å². The zero-order valence-electron chi connectivity index (χ0n) is 13.0. The molecule has 1 heterocycles. The highest BCUT2D eigenvalue weighted by molar-refractivity contribution is 7.88. The average Bonchev–Trinajstić information content (AvgIpc) is 2.86. The summed E-state index contributed by atoms with van der Waals surface area (Å²) in [7, 11) is -3.48. The van der Waals surface area contributed by atoms with Crippen LogP contribution in [0, 0.1) is 13.8 Å². The molecule has 0 atom stereocenters. The number of anilines is 1. The van der Waals surface area contributed by atoms with E-state index in [-0.39, 0.29) is 24.6 Å². The SMILES string of the molecule is Cc1ccc(CS(=O)(=O)NCCC(=O)Nc2cc(C)on2)cc1. The number of sulfonamides is 1. The van der Waals surface area contributed by atoms with Crippen molar-refractivity contribution in [3.05, 3.63) is 47.2 Å². The molecule has 23 heavy (non-hydrogen) atoms. The monoisotopic (exact) mass is 337 g/mol.